The molecule has 13 nitrogen and oxygen atoms in total. The molecule has 0 radical (unpaired) electrons. The second-order valence-electron chi connectivity index (χ2n) is 8.83. The number of hydrogen-bond acceptors (Lipinski definition) is 9. The van der Waals surface area contributed by atoms with Gasteiger partial charge in [0.25, 0.3) is 5.56 Å². The number of H-pyrrole nitrogens is 1. The number of pyridine rings is 2. The third kappa shape index (κ3) is 3.94. The number of fused-ring (bicyclic) bond motifs is 1. The number of carboxylic acids is 1. The van der Waals surface area contributed by atoms with Crippen molar-refractivity contribution in [1.29, 1.82) is 0 Å². The van der Waals surface area contributed by atoms with Gasteiger partial charge in [-0.3, -0.25) is 24.0 Å². The molecule has 0 aliphatic carbocycles. The van der Waals surface area contributed by atoms with Crippen LogP contribution >= 0.6 is 11.5 Å². The van der Waals surface area contributed by atoms with Crippen LogP contribution in [-0.2, 0) is 4.79 Å². The lowest BCUT2D eigenvalue weighted by Gasteiger charge is -2.39. The van der Waals surface area contributed by atoms with Crippen molar-refractivity contribution in [2.24, 2.45) is 5.92 Å². The van der Waals surface area contributed by atoms with Crippen LogP contribution in [0, 0.1) is 12.8 Å². The van der Waals surface area contributed by atoms with Crippen LogP contribution in [0.3, 0.4) is 0 Å². The molecule has 0 atom stereocenters. The van der Waals surface area contributed by atoms with Gasteiger partial charge < -0.3 is 15.3 Å². The summed E-state index contributed by atoms with van der Waals surface area (Å²) in [6.07, 6.45) is 2.54. The zero-order chi connectivity index (χ0) is 25.7. The Morgan fingerprint density at radius 3 is 2.61 bits per heavy atom. The van der Waals surface area contributed by atoms with E-state index in [1.807, 2.05) is 18.7 Å². The third-order valence-electron chi connectivity index (χ3n) is 6.02. The molecule has 1 saturated heterocycles. The Labute approximate surface area is 207 Å². The molecule has 186 valence electrons. The zero-order valence-electron chi connectivity index (χ0n) is 19.6. The molecule has 1 aliphatic rings. The van der Waals surface area contributed by atoms with Gasteiger partial charge in [-0.25, -0.2) is 19.4 Å². The molecule has 1 aliphatic heterocycles. The standard InChI is InChI=1S/C22H22N8O5S/c1-10(2)30-16(31)5-14(27-30)25-20(33)12-6-28(7-12)15-4-11(3)17-18(32)13(21(34)35)8-29(19(17)26-15)22-23-9-24-36-22/h4-5,8-10,12,27H,6-7H2,1-3H3,(H,25,33)(H,34,35). The molecular formula is C22H22N8O5S. The van der Waals surface area contributed by atoms with E-state index in [-0.39, 0.29) is 40.0 Å². The number of rotatable bonds is 6. The number of anilines is 2. The number of hydrogen-bond donors (Lipinski definition) is 3. The molecule has 0 saturated carbocycles. The van der Waals surface area contributed by atoms with Gasteiger partial charge in [-0.15, -0.1) is 0 Å². The van der Waals surface area contributed by atoms with Crippen molar-refractivity contribution >= 4 is 46.1 Å². The molecule has 1 amide bonds. The number of nitrogens with zero attached hydrogens (tertiary/aromatic N) is 6. The first-order valence-corrected chi connectivity index (χ1v) is 11.9. The molecule has 1 fully saturated rings. The van der Waals surface area contributed by atoms with E-state index in [0.29, 0.717) is 35.4 Å². The van der Waals surface area contributed by atoms with Gasteiger partial charge in [0, 0.05) is 42.9 Å². The van der Waals surface area contributed by atoms with Crippen LogP contribution in [0.5, 0.6) is 0 Å². The number of carbonyl (C=O) groups excluding carboxylic acids is 1. The Kier molecular flexibility index (Phi) is 5.67. The van der Waals surface area contributed by atoms with E-state index in [0.717, 1.165) is 11.5 Å². The molecule has 5 heterocycles. The number of carbonyl (C=O) groups is 2. The van der Waals surface area contributed by atoms with Gasteiger partial charge in [0.2, 0.25) is 16.5 Å². The fourth-order valence-electron chi connectivity index (χ4n) is 4.13. The molecule has 4 aromatic heterocycles. The van der Waals surface area contributed by atoms with Gasteiger partial charge in [0.1, 0.15) is 23.5 Å². The van der Waals surface area contributed by atoms with Crippen molar-refractivity contribution in [3.05, 3.63) is 56.4 Å². The van der Waals surface area contributed by atoms with E-state index in [9.17, 15) is 24.3 Å². The van der Waals surface area contributed by atoms with Crippen molar-refractivity contribution in [3.8, 4) is 5.13 Å². The first-order valence-electron chi connectivity index (χ1n) is 11.1. The SMILES string of the molecule is Cc1cc(N2CC(C(=O)Nc3cc(=O)n(C(C)C)[nH]3)C2)nc2c1c(=O)c(C(=O)O)cn2-c1ncns1. The van der Waals surface area contributed by atoms with Crippen molar-refractivity contribution in [3.63, 3.8) is 0 Å². The summed E-state index contributed by atoms with van der Waals surface area (Å²) < 4.78 is 6.85. The molecule has 3 N–H and O–H groups in total. The van der Waals surface area contributed by atoms with Gasteiger partial charge in [-0.05, 0) is 32.4 Å². The number of aryl methyl sites for hydroxylation is 1. The molecular weight excluding hydrogens is 488 g/mol. The minimum absolute atomic E-state index is 0.0614. The number of carboxylic acid groups (broad SMARTS) is 1. The second kappa shape index (κ2) is 8.71. The van der Waals surface area contributed by atoms with Crippen molar-refractivity contribution in [2.45, 2.75) is 26.8 Å². The molecule has 4 aromatic rings. The fourth-order valence-corrected chi connectivity index (χ4v) is 4.64. The average Bonchev–Trinajstić information content (AvgIpc) is 3.42. The summed E-state index contributed by atoms with van der Waals surface area (Å²) >= 11 is 1.04. The zero-order valence-corrected chi connectivity index (χ0v) is 20.4. The Bertz CT molecular complexity index is 1610. The van der Waals surface area contributed by atoms with Gasteiger partial charge in [-0.1, -0.05) is 0 Å². The minimum Gasteiger partial charge on any atom is -0.477 e. The Morgan fingerprint density at radius 1 is 1.25 bits per heavy atom. The molecule has 14 heteroatoms. The molecule has 36 heavy (non-hydrogen) atoms. The number of amides is 1. The van der Waals surface area contributed by atoms with Crippen LogP contribution in [0.1, 0.15) is 35.8 Å². The molecule has 0 spiro atoms. The van der Waals surface area contributed by atoms with Gasteiger partial charge >= 0.3 is 5.97 Å². The van der Waals surface area contributed by atoms with Crippen LogP contribution in [0.4, 0.5) is 11.6 Å². The van der Waals surface area contributed by atoms with Crippen LogP contribution in [0.15, 0.2) is 34.2 Å². The highest BCUT2D eigenvalue weighted by molar-refractivity contribution is 7.08. The molecule has 5 rings (SSSR count). The topological polar surface area (TPSA) is 168 Å². The maximum Gasteiger partial charge on any atom is 0.341 e. The molecule has 0 unspecified atom stereocenters. The van der Waals surface area contributed by atoms with Crippen molar-refractivity contribution < 1.29 is 14.7 Å². The van der Waals surface area contributed by atoms with Gasteiger partial charge in [0.05, 0.1) is 11.3 Å². The summed E-state index contributed by atoms with van der Waals surface area (Å²) in [5.41, 5.74) is -0.420. The highest BCUT2D eigenvalue weighted by atomic mass is 32.1. The summed E-state index contributed by atoms with van der Waals surface area (Å²) in [7, 11) is 0. The summed E-state index contributed by atoms with van der Waals surface area (Å²) in [5, 5.41) is 15.7. The van der Waals surface area contributed by atoms with E-state index < -0.39 is 11.4 Å². The normalized spacial score (nSPS) is 13.8. The van der Waals surface area contributed by atoms with Crippen LogP contribution in [0.25, 0.3) is 16.2 Å². The number of aromatic carboxylic acids is 1. The highest BCUT2D eigenvalue weighted by Crippen LogP contribution is 2.28. The first kappa shape index (κ1) is 23.4. The monoisotopic (exact) mass is 510 g/mol. The predicted molar refractivity (Wildman–Crippen MR) is 132 cm³/mol. The Morgan fingerprint density at radius 2 is 2.00 bits per heavy atom. The average molecular weight is 511 g/mol. The van der Waals surface area contributed by atoms with E-state index >= 15 is 0 Å². The van der Waals surface area contributed by atoms with E-state index in [1.165, 1.54) is 27.8 Å². The Hall–Kier alpha value is -4.33. The number of nitrogens with one attached hydrogen (secondary N) is 2. The third-order valence-corrected chi connectivity index (χ3v) is 6.69. The van der Waals surface area contributed by atoms with Crippen LogP contribution in [-0.4, -0.2) is 58.8 Å². The van der Waals surface area contributed by atoms with E-state index in [2.05, 4.69) is 24.8 Å². The quantitative estimate of drug-likeness (QED) is 0.347. The predicted octanol–water partition coefficient (Wildman–Crippen LogP) is 1.39. The lowest BCUT2D eigenvalue weighted by Crippen LogP contribution is -2.52. The lowest BCUT2D eigenvalue weighted by molar-refractivity contribution is -0.120. The first-order chi connectivity index (χ1) is 17.1. The van der Waals surface area contributed by atoms with Gasteiger partial charge in [0.15, 0.2) is 5.65 Å². The molecule has 0 aromatic carbocycles. The largest absolute Gasteiger partial charge is 0.477 e. The number of aromatic amines is 1. The maximum absolute atomic E-state index is 12.9. The van der Waals surface area contributed by atoms with Crippen molar-refractivity contribution in [1.82, 2.24) is 28.7 Å². The smallest absolute Gasteiger partial charge is 0.341 e. The minimum atomic E-state index is -1.34. The lowest BCUT2D eigenvalue weighted by atomic mass is 9.98. The van der Waals surface area contributed by atoms with Crippen LogP contribution in [0.2, 0.25) is 0 Å². The summed E-state index contributed by atoms with van der Waals surface area (Å²) in [4.78, 5) is 59.9. The summed E-state index contributed by atoms with van der Waals surface area (Å²) in [6, 6.07) is 2.99. The molecule has 0 bridgehead atoms. The van der Waals surface area contributed by atoms with E-state index in [4.69, 9.17) is 0 Å². The van der Waals surface area contributed by atoms with E-state index in [1.54, 1.807) is 13.0 Å². The number of aromatic nitrogens is 6. The fraction of sp³-hybridized carbons (Fsp3) is 0.318. The maximum atomic E-state index is 12.9. The summed E-state index contributed by atoms with van der Waals surface area (Å²) in [6.45, 7) is 6.20. The van der Waals surface area contributed by atoms with Gasteiger partial charge in [-0.2, -0.15) is 4.37 Å². The van der Waals surface area contributed by atoms with Crippen molar-refractivity contribution in [2.75, 3.05) is 23.3 Å². The second-order valence-corrected chi connectivity index (χ2v) is 9.59. The highest BCUT2D eigenvalue weighted by Gasteiger charge is 2.34. The summed E-state index contributed by atoms with van der Waals surface area (Å²) in [5.74, 6) is -1.01. The van der Waals surface area contributed by atoms with Crippen LogP contribution < -0.4 is 21.2 Å². The Balaban J connectivity index is 1.42.